The lowest BCUT2D eigenvalue weighted by Crippen LogP contribution is -2.36. The molecular formula is C10H23N3O2. The minimum absolute atomic E-state index is 0.222. The van der Waals surface area contributed by atoms with Gasteiger partial charge in [-0.2, -0.15) is 0 Å². The Bertz CT molecular complexity index is 186. The molecule has 0 aromatic carbocycles. The van der Waals surface area contributed by atoms with E-state index in [1.165, 1.54) is 0 Å². The van der Waals surface area contributed by atoms with Crippen molar-refractivity contribution in [2.24, 2.45) is 16.8 Å². The third kappa shape index (κ3) is 7.16. The van der Waals surface area contributed by atoms with Crippen molar-refractivity contribution in [1.82, 2.24) is 5.32 Å². The van der Waals surface area contributed by atoms with E-state index >= 15 is 0 Å². The second-order valence-electron chi connectivity index (χ2n) is 3.93. The van der Waals surface area contributed by atoms with Gasteiger partial charge in [-0.1, -0.05) is 19.0 Å². The fourth-order valence-electron chi connectivity index (χ4n) is 1.34. The van der Waals surface area contributed by atoms with Gasteiger partial charge < -0.3 is 21.4 Å². The van der Waals surface area contributed by atoms with E-state index in [1.54, 1.807) is 0 Å². The molecule has 2 unspecified atom stereocenters. The number of nitrogens with two attached hydrogens (primary N) is 1. The number of amidine groups is 1. The van der Waals surface area contributed by atoms with Crippen molar-refractivity contribution in [1.29, 1.82) is 0 Å². The largest absolute Gasteiger partial charge is 0.409 e. The zero-order valence-corrected chi connectivity index (χ0v) is 9.61. The van der Waals surface area contributed by atoms with E-state index in [9.17, 15) is 0 Å². The zero-order valence-electron chi connectivity index (χ0n) is 9.61. The van der Waals surface area contributed by atoms with Crippen LogP contribution in [0, 0.1) is 5.92 Å². The molecule has 0 bridgehead atoms. The summed E-state index contributed by atoms with van der Waals surface area (Å²) in [5, 5.41) is 23.5. The Kier molecular flexibility index (Phi) is 8.04. The van der Waals surface area contributed by atoms with Crippen molar-refractivity contribution in [2.75, 3.05) is 13.2 Å². The van der Waals surface area contributed by atoms with Crippen molar-refractivity contribution in [3.63, 3.8) is 0 Å². The molecule has 0 amide bonds. The van der Waals surface area contributed by atoms with Gasteiger partial charge >= 0.3 is 0 Å². The van der Waals surface area contributed by atoms with Gasteiger partial charge in [0.15, 0.2) is 0 Å². The molecule has 5 heteroatoms. The Balaban J connectivity index is 3.79. The first-order valence-corrected chi connectivity index (χ1v) is 5.44. The van der Waals surface area contributed by atoms with Crippen LogP contribution in [0.15, 0.2) is 5.16 Å². The molecule has 5 N–H and O–H groups in total. The average molecular weight is 217 g/mol. The van der Waals surface area contributed by atoms with E-state index < -0.39 is 0 Å². The van der Waals surface area contributed by atoms with E-state index in [0.29, 0.717) is 12.3 Å². The summed E-state index contributed by atoms with van der Waals surface area (Å²) in [5.41, 5.74) is 5.43. The lowest BCUT2D eigenvalue weighted by atomic mass is 10.1. The van der Waals surface area contributed by atoms with Crippen LogP contribution in [0.2, 0.25) is 0 Å². The number of aliphatic hydroxyl groups excluding tert-OH is 1. The Morgan fingerprint density at radius 3 is 2.67 bits per heavy atom. The van der Waals surface area contributed by atoms with Gasteiger partial charge in [0.1, 0.15) is 5.84 Å². The molecule has 0 saturated carbocycles. The second kappa shape index (κ2) is 8.49. The summed E-state index contributed by atoms with van der Waals surface area (Å²) >= 11 is 0. The second-order valence-corrected chi connectivity index (χ2v) is 3.93. The first-order chi connectivity index (χ1) is 7.13. The van der Waals surface area contributed by atoms with Crippen LogP contribution >= 0.6 is 0 Å². The SMILES string of the molecule is CCC(CC(N)=NO)NCC(C)CCO. The maximum Gasteiger partial charge on any atom is 0.140 e. The maximum atomic E-state index is 8.74. The van der Waals surface area contributed by atoms with E-state index in [2.05, 4.69) is 24.3 Å². The smallest absolute Gasteiger partial charge is 0.140 e. The number of aliphatic hydroxyl groups is 1. The highest BCUT2D eigenvalue weighted by Gasteiger charge is 2.09. The number of hydrogen-bond donors (Lipinski definition) is 4. The van der Waals surface area contributed by atoms with Crippen molar-refractivity contribution < 1.29 is 10.3 Å². The number of nitrogens with zero attached hydrogens (tertiary/aromatic N) is 1. The van der Waals surface area contributed by atoms with E-state index in [4.69, 9.17) is 16.0 Å². The first-order valence-electron chi connectivity index (χ1n) is 5.44. The van der Waals surface area contributed by atoms with Gasteiger partial charge in [0.05, 0.1) is 0 Å². The Morgan fingerprint density at radius 1 is 1.53 bits per heavy atom. The van der Waals surface area contributed by atoms with Gasteiger partial charge in [-0.15, -0.1) is 0 Å². The molecule has 0 aliphatic heterocycles. The van der Waals surface area contributed by atoms with Gasteiger partial charge in [-0.05, 0) is 25.3 Å². The summed E-state index contributed by atoms with van der Waals surface area (Å²) in [5.74, 6) is 0.695. The third-order valence-electron chi connectivity index (χ3n) is 2.45. The van der Waals surface area contributed by atoms with Crippen LogP contribution in [0.4, 0.5) is 0 Å². The molecule has 2 atom stereocenters. The number of oxime groups is 1. The minimum Gasteiger partial charge on any atom is -0.409 e. The fraction of sp³-hybridized carbons (Fsp3) is 0.900. The van der Waals surface area contributed by atoms with Crippen LogP contribution < -0.4 is 11.1 Å². The Morgan fingerprint density at radius 2 is 2.20 bits per heavy atom. The average Bonchev–Trinajstić information content (AvgIpc) is 2.24. The molecule has 0 aromatic heterocycles. The molecule has 0 aliphatic rings. The normalized spacial score (nSPS) is 16.3. The van der Waals surface area contributed by atoms with Gasteiger partial charge in [0.2, 0.25) is 0 Å². The van der Waals surface area contributed by atoms with E-state index in [0.717, 1.165) is 19.4 Å². The molecule has 0 spiro atoms. The van der Waals surface area contributed by atoms with Gasteiger partial charge in [-0.25, -0.2) is 0 Å². The summed E-state index contributed by atoms with van der Waals surface area (Å²) < 4.78 is 0. The molecule has 0 rings (SSSR count). The first kappa shape index (κ1) is 14.2. The van der Waals surface area contributed by atoms with Crippen LogP contribution in [0.1, 0.15) is 33.1 Å². The molecule has 15 heavy (non-hydrogen) atoms. The van der Waals surface area contributed by atoms with Crippen molar-refractivity contribution in [3.8, 4) is 0 Å². The summed E-state index contributed by atoms with van der Waals surface area (Å²) in [6.07, 6.45) is 2.29. The summed E-state index contributed by atoms with van der Waals surface area (Å²) in [6.45, 7) is 5.20. The molecule has 0 saturated heterocycles. The van der Waals surface area contributed by atoms with Crippen LogP contribution in [-0.4, -0.2) is 35.3 Å². The van der Waals surface area contributed by atoms with Crippen molar-refractivity contribution in [2.45, 2.75) is 39.2 Å². The molecule has 0 fully saturated rings. The number of rotatable bonds is 8. The Hall–Kier alpha value is -0.810. The third-order valence-corrected chi connectivity index (χ3v) is 2.45. The van der Waals surface area contributed by atoms with Gasteiger partial charge in [0, 0.05) is 19.1 Å². The van der Waals surface area contributed by atoms with Gasteiger partial charge in [-0.3, -0.25) is 0 Å². The van der Waals surface area contributed by atoms with Crippen molar-refractivity contribution >= 4 is 5.84 Å². The maximum absolute atomic E-state index is 8.74. The quantitative estimate of drug-likeness (QED) is 0.206. The standard InChI is InChI=1S/C10H23N3O2/c1-3-9(6-10(11)13-15)12-7-8(2)4-5-14/h8-9,12,14-15H,3-7H2,1-2H3,(H2,11,13). The van der Waals surface area contributed by atoms with Crippen LogP contribution in [-0.2, 0) is 0 Å². The summed E-state index contributed by atoms with van der Waals surface area (Å²) in [4.78, 5) is 0. The molecule has 90 valence electrons. The minimum atomic E-state index is 0.222. The topological polar surface area (TPSA) is 90.9 Å². The zero-order chi connectivity index (χ0) is 11.7. The molecule has 0 radical (unpaired) electrons. The summed E-state index contributed by atoms with van der Waals surface area (Å²) in [6, 6.07) is 0.238. The monoisotopic (exact) mass is 217 g/mol. The highest BCUT2D eigenvalue weighted by atomic mass is 16.4. The number of hydrogen-bond acceptors (Lipinski definition) is 4. The van der Waals surface area contributed by atoms with Crippen molar-refractivity contribution in [3.05, 3.63) is 0 Å². The summed E-state index contributed by atoms with van der Waals surface area (Å²) in [7, 11) is 0. The number of nitrogens with one attached hydrogen (secondary N) is 1. The van der Waals surface area contributed by atoms with Crippen LogP contribution in [0.25, 0.3) is 0 Å². The predicted octanol–water partition coefficient (Wildman–Crippen LogP) is 0.510. The molecular weight excluding hydrogens is 194 g/mol. The fourth-order valence-corrected chi connectivity index (χ4v) is 1.34. The highest BCUT2D eigenvalue weighted by molar-refractivity contribution is 5.80. The lowest BCUT2D eigenvalue weighted by molar-refractivity contribution is 0.257. The van der Waals surface area contributed by atoms with Gasteiger partial charge in [0.25, 0.3) is 0 Å². The molecule has 5 nitrogen and oxygen atoms in total. The van der Waals surface area contributed by atoms with Crippen LogP contribution in [0.3, 0.4) is 0 Å². The molecule has 0 heterocycles. The van der Waals surface area contributed by atoms with E-state index in [1.807, 2.05) is 0 Å². The highest BCUT2D eigenvalue weighted by Crippen LogP contribution is 2.02. The molecule has 0 aliphatic carbocycles. The van der Waals surface area contributed by atoms with E-state index in [-0.39, 0.29) is 18.5 Å². The predicted molar refractivity (Wildman–Crippen MR) is 61.0 cm³/mol. The van der Waals surface area contributed by atoms with Crippen LogP contribution in [0.5, 0.6) is 0 Å². The Labute approximate surface area is 91.4 Å². The molecule has 0 aromatic rings. The lowest BCUT2D eigenvalue weighted by Gasteiger charge is -2.19.